The van der Waals surface area contributed by atoms with Gasteiger partial charge in [0.15, 0.2) is 0 Å². The number of benzene rings is 1. The second kappa shape index (κ2) is 6.15. The van der Waals surface area contributed by atoms with Gasteiger partial charge in [0, 0.05) is 27.2 Å². The average Bonchev–Trinajstić information content (AvgIpc) is 2.75. The highest BCUT2D eigenvalue weighted by Crippen LogP contribution is 2.27. The summed E-state index contributed by atoms with van der Waals surface area (Å²) in [6.45, 7) is 0. The molecular formula is C13H12BrClFNS. The molecule has 0 fully saturated rings. The Morgan fingerprint density at radius 1 is 1.44 bits per heavy atom. The minimum absolute atomic E-state index is 0.0855. The average molecular weight is 349 g/mol. The van der Waals surface area contributed by atoms with E-state index >= 15 is 0 Å². The second-order valence-electron chi connectivity index (χ2n) is 3.95. The molecule has 0 saturated heterocycles. The molecule has 0 radical (unpaired) electrons. The van der Waals surface area contributed by atoms with Crippen LogP contribution in [-0.2, 0) is 6.42 Å². The van der Waals surface area contributed by atoms with E-state index in [1.54, 1.807) is 17.4 Å². The van der Waals surface area contributed by atoms with Gasteiger partial charge in [-0.1, -0.05) is 17.7 Å². The Bertz CT molecular complexity index is 544. The highest BCUT2D eigenvalue weighted by Gasteiger charge is 2.13. The number of likely N-dealkylation sites (N-methyl/N-ethyl adjacent to an activating group) is 1. The SMILES string of the molecule is CNC(Cc1cc(Br)cs1)c1ccc(Cl)c(F)c1. The Hall–Kier alpha value is -0.420. The largest absolute Gasteiger partial charge is 0.313 e. The van der Waals surface area contributed by atoms with Crippen LogP contribution in [0, 0.1) is 5.82 Å². The van der Waals surface area contributed by atoms with Crippen LogP contribution in [0.5, 0.6) is 0 Å². The van der Waals surface area contributed by atoms with Crippen LogP contribution >= 0.6 is 38.9 Å². The summed E-state index contributed by atoms with van der Waals surface area (Å²) in [4.78, 5) is 1.25. The molecule has 0 saturated carbocycles. The number of rotatable bonds is 4. The first-order chi connectivity index (χ1) is 8.60. The van der Waals surface area contributed by atoms with Crippen molar-refractivity contribution >= 4 is 38.9 Å². The first kappa shape index (κ1) is 14.0. The monoisotopic (exact) mass is 347 g/mol. The molecule has 0 aliphatic rings. The molecule has 18 heavy (non-hydrogen) atoms. The van der Waals surface area contributed by atoms with Gasteiger partial charge in [-0.05, 0) is 46.7 Å². The van der Waals surface area contributed by atoms with E-state index in [2.05, 4.69) is 27.3 Å². The van der Waals surface area contributed by atoms with E-state index in [-0.39, 0.29) is 16.9 Å². The summed E-state index contributed by atoms with van der Waals surface area (Å²) in [6.07, 6.45) is 0.827. The van der Waals surface area contributed by atoms with E-state index in [1.807, 2.05) is 18.5 Å². The Kier molecular flexibility index (Phi) is 4.78. The summed E-state index contributed by atoms with van der Waals surface area (Å²) in [6, 6.07) is 7.12. The molecular weight excluding hydrogens is 337 g/mol. The first-order valence-corrected chi connectivity index (χ1v) is 7.50. The fraction of sp³-hybridized carbons (Fsp3) is 0.231. The quantitative estimate of drug-likeness (QED) is 0.836. The predicted octanol–water partition coefficient (Wildman–Crippen LogP) is 4.81. The van der Waals surface area contributed by atoms with Crippen LogP contribution < -0.4 is 5.32 Å². The third-order valence-corrected chi connectivity index (χ3v) is 4.75. The van der Waals surface area contributed by atoms with Crippen molar-refractivity contribution in [1.82, 2.24) is 5.32 Å². The fourth-order valence-electron chi connectivity index (χ4n) is 1.78. The van der Waals surface area contributed by atoms with E-state index in [0.717, 1.165) is 16.5 Å². The maximum atomic E-state index is 13.5. The minimum atomic E-state index is -0.373. The number of hydrogen-bond acceptors (Lipinski definition) is 2. The summed E-state index contributed by atoms with van der Waals surface area (Å²) in [5, 5.41) is 5.41. The number of thiophene rings is 1. The zero-order valence-corrected chi connectivity index (χ0v) is 12.9. The van der Waals surface area contributed by atoms with Crippen LogP contribution in [0.25, 0.3) is 0 Å². The molecule has 0 spiro atoms. The van der Waals surface area contributed by atoms with Crippen LogP contribution in [0.2, 0.25) is 5.02 Å². The molecule has 0 bridgehead atoms. The third kappa shape index (κ3) is 3.32. The van der Waals surface area contributed by atoms with Crippen molar-refractivity contribution in [3.8, 4) is 0 Å². The molecule has 1 aromatic heterocycles. The highest BCUT2D eigenvalue weighted by molar-refractivity contribution is 9.10. The predicted molar refractivity (Wildman–Crippen MR) is 78.9 cm³/mol. The van der Waals surface area contributed by atoms with Crippen molar-refractivity contribution in [2.75, 3.05) is 7.05 Å². The van der Waals surface area contributed by atoms with E-state index in [1.165, 1.54) is 10.9 Å². The lowest BCUT2D eigenvalue weighted by molar-refractivity contribution is 0.581. The summed E-state index contributed by atoms with van der Waals surface area (Å²) in [5.74, 6) is -0.373. The van der Waals surface area contributed by atoms with E-state index in [9.17, 15) is 4.39 Å². The summed E-state index contributed by atoms with van der Waals surface area (Å²) in [5.41, 5.74) is 0.906. The van der Waals surface area contributed by atoms with E-state index < -0.39 is 0 Å². The van der Waals surface area contributed by atoms with Crippen molar-refractivity contribution in [3.63, 3.8) is 0 Å². The Labute approximate surface area is 123 Å². The summed E-state index contributed by atoms with van der Waals surface area (Å²) >= 11 is 10.8. The molecule has 0 aliphatic carbocycles. The smallest absolute Gasteiger partial charge is 0.142 e. The van der Waals surface area contributed by atoms with Crippen LogP contribution in [0.1, 0.15) is 16.5 Å². The standard InChI is InChI=1S/C13H12BrClFNS/c1-17-13(6-10-5-9(14)7-18-10)8-2-3-11(15)12(16)4-8/h2-5,7,13,17H,6H2,1H3. The van der Waals surface area contributed by atoms with Crippen LogP contribution in [-0.4, -0.2) is 7.05 Å². The van der Waals surface area contributed by atoms with Crippen molar-refractivity contribution < 1.29 is 4.39 Å². The summed E-state index contributed by atoms with van der Waals surface area (Å²) < 4.78 is 14.5. The molecule has 5 heteroatoms. The van der Waals surface area contributed by atoms with E-state index in [0.29, 0.717) is 0 Å². The zero-order valence-electron chi connectivity index (χ0n) is 9.71. The van der Waals surface area contributed by atoms with Crippen molar-refractivity contribution in [1.29, 1.82) is 0 Å². The second-order valence-corrected chi connectivity index (χ2v) is 6.27. The van der Waals surface area contributed by atoms with Crippen molar-refractivity contribution in [2.45, 2.75) is 12.5 Å². The molecule has 1 aromatic carbocycles. The van der Waals surface area contributed by atoms with Gasteiger partial charge in [-0.2, -0.15) is 0 Å². The van der Waals surface area contributed by atoms with Gasteiger partial charge in [-0.25, -0.2) is 4.39 Å². The zero-order chi connectivity index (χ0) is 13.1. The normalized spacial score (nSPS) is 12.7. The maximum absolute atomic E-state index is 13.5. The number of halogens is 3. The minimum Gasteiger partial charge on any atom is -0.313 e. The van der Waals surface area contributed by atoms with E-state index in [4.69, 9.17) is 11.6 Å². The molecule has 1 atom stereocenters. The molecule has 0 amide bonds. The lowest BCUT2D eigenvalue weighted by Gasteiger charge is -2.16. The number of nitrogens with one attached hydrogen (secondary N) is 1. The van der Waals surface area contributed by atoms with Gasteiger partial charge >= 0.3 is 0 Å². The van der Waals surface area contributed by atoms with Gasteiger partial charge in [0.2, 0.25) is 0 Å². The molecule has 0 aliphatic heterocycles. The Morgan fingerprint density at radius 3 is 2.78 bits per heavy atom. The van der Waals surface area contributed by atoms with Crippen LogP contribution in [0.15, 0.2) is 34.1 Å². The van der Waals surface area contributed by atoms with Gasteiger partial charge in [-0.15, -0.1) is 11.3 Å². The third-order valence-electron chi connectivity index (χ3n) is 2.72. The molecule has 1 N–H and O–H groups in total. The topological polar surface area (TPSA) is 12.0 Å². The van der Waals surface area contributed by atoms with Crippen molar-refractivity contribution in [3.05, 3.63) is 55.4 Å². The maximum Gasteiger partial charge on any atom is 0.142 e. The number of hydrogen-bond donors (Lipinski definition) is 1. The van der Waals surface area contributed by atoms with Gasteiger partial charge in [0.1, 0.15) is 5.82 Å². The van der Waals surface area contributed by atoms with Gasteiger partial charge < -0.3 is 5.32 Å². The molecule has 1 nitrogen and oxygen atoms in total. The lowest BCUT2D eigenvalue weighted by atomic mass is 10.0. The van der Waals surface area contributed by atoms with Gasteiger partial charge in [0.05, 0.1) is 5.02 Å². The Balaban J connectivity index is 2.19. The Morgan fingerprint density at radius 2 is 2.22 bits per heavy atom. The highest BCUT2D eigenvalue weighted by atomic mass is 79.9. The molecule has 1 unspecified atom stereocenters. The molecule has 2 rings (SSSR count). The van der Waals surface area contributed by atoms with Gasteiger partial charge in [0.25, 0.3) is 0 Å². The first-order valence-electron chi connectivity index (χ1n) is 5.45. The lowest BCUT2D eigenvalue weighted by Crippen LogP contribution is -2.18. The fourth-order valence-corrected chi connectivity index (χ4v) is 3.39. The van der Waals surface area contributed by atoms with Crippen LogP contribution in [0.3, 0.4) is 0 Å². The molecule has 1 heterocycles. The molecule has 2 aromatic rings. The van der Waals surface area contributed by atoms with Crippen molar-refractivity contribution in [2.24, 2.45) is 0 Å². The van der Waals surface area contributed by atoms with Crippen LogP contribution in [0.4, 0.5) is 4.39 Å². The molecule has 96 valence electrons. The summed E-state index contributed by atoms with van der Waals surface area (Å²) in [7, 11) is 1.87. The van der Waals surface area contributed by atoms with Gasteiger partial charge in [-0.3, -0.25) is 0 Å².